The van der Waals surface area contributed by atoms with Gasteiger partial charge in [0, 0.05) is 0 Å². The van der Waals surface area contributed by atoms with Crippen LogP contribution in [0.2, 0.25) is 0 Å². The first-order valence-electron chi connectivity index (χ1n) is 3.84. The van der Waals surface area contributed by atoms with Crippen LogP contribution in [0, 0.1) is 0 Å². The van der Waals surface area contributed by atoms with E-state index in [4.69, 9.17) is 4.74 Å². The molecule has 0 N–H and O–H groups in total. The van der Waals surface area contributed by atoms with Crippen molar-refractivity contribution in [2.45, 2.75) is 20.8 Å². The largest absolute Gasteiger partial charge is 0.497 e. The van der Waals surface area contributed by atoms with Crippen LogP contribution in [-0.2, 0) is 4.74 Å². The average molecular weight is 172 g/mol. The maximum Gasteiger partial charge on any atom is 0.116 e. The number of ether oxygens (including phenoxy) is 1. The van der Waals surface area contributed by atoms with Crippen LogP contribution in [0.1, 0.15) is 20.8 Å². The van der Waals surface area contributed by atoms with Gasteiger partial charge >= 0.3 is 0 Å². The Morgan fingerprint density at radius 1 is 1.33 bits per heavy atom. The van der Waals surface area contributed by atoms with Crippen molar-refractivity contribution in [2.24, 2.45) is 0 Å². The molecule has 0 fully saturated rings. The molecule has 0 saturated carbocycles. The zero-order chi connectivity index (χ0) is 10.1. The molecular formula is C10H17FO. The number of hydrogen-bond acceptors (Lipinski definition) is 1. The van der Waals surface area contributed by atoms with Crippen LogP contribution in [0.15, 0.2) is 36.4 Å². The Bertz CT molecular complexity index is 180. The van der Waals surface area contributed by atoms with Gasteiger partial charge in [-0.15, -0.1) is 0 Å². The highest BCUT2D eigenvalue weighted by atomic mass is 19.1. The van der Waals surface area contributed by atoms with Gasteiger partial charge in [0.2, 0.25) is 0 Å². The van der Waals surface area contributed by atoms with Crippen molar-refractivity contribution < 1.29 is 9.13 Å². The second kappa shape index (κ2) is 8.05. The lowest BCUT2D eigenvalue weighted by atomic mass is 10.2. The standard InChI is InChI=1S/C8H11FO.C2H6/c1-6(5-7(2)9)8(3)10-4;1-2/h5H,2-3H2,1,4H3;1-2H3/b6-5-;. The van der Waals surface area contributed by atoms with E-state index in [1.165, 1.54) is 13.2 Å². The average Bonchev–Trinajstić information content (AvgIpc) is 2.05. The van der Waals surface area contributed by atoms with Crippen LogP contribution in [-0.4, -0.2) is 7.11 Å². The number of halogens is 1. The van der Waals surface area contributed by atoms with E-state index in [1.807, 2.05) is 13.8 Å². The Morgan fingerprint density at radius 2 is 1.75 bits per heavy atom. The molecule has 12 heavy (non-hydrogen) atoms. The highest BCUT2D eigenvalue weighted by molar-refractivity contribution is 5.26. The van der Waals surface area contributed by atoms with E-state index in [9.17, 15) is 4.39 Å². The fraction of sp³-hybridized carbons (Fsp3) is 0.400. The molecule has 70 valence electrons. The van der Waals surface area contributed by atoms with Crippen LogP contribution in [0.4, 0.5) is 4.39 Å². The van der Waals surface area contributed by atoms with E-state index in [-0.39, 0.29) is 0 Å². The third-order valence-corrected chi connectivity index (χ3v) is 1.06. The molecule has 0 aliphatic heterocycles. The lowest BCUT2D eigenvalue weighted by Gasteiger charge is -2.01. The molecular weight excluding hydrogens is 155 g/mol. The Kier molecular flexibility index (Phi) is 9.08. The molecule has 0 spiro atoms. The van der Waals surface area contributed by atoms with Crippen molar-refractivity contribution in [3.63, 3.8) is 0 Å². The molecule has 0 aromatic carbocycles. The predicted octanol–water partition coefficient (Wildman–Crippen LogP) is 3.60. The van der Waals surface area contributed by atoms with Crippen molar-refractivity contribution in [2.75, 3.05) is 7.11 Å². The summed E-state index contributed by atoms with van der Waals surface area (Å²) in [7, 11) is 1.49. The summed E-state index contributed by atoms with van der Waals surface area (Å²) >= 11 is 0. The molecule has 0 aliphatic carbocycles. The Labute approximate surface area is 74.2 Å². The fourth-order valence-corrected chi connectivity index (χ4v) is 0.476. The number of allylic oxidation sites excluding steroid dienone is 3. The van der Waals surface area contributed by atoms with E-state index < -0.39 is 5.83 Å². The molecule has 2 heteroatoms. The number of methoxy groups -OCH3 is 1. The monoisotopic (exact) mass is 172 g/mol. The maximum atomic E-state index is 12.1. The highest BCUT2D eigenvalue weighted by Gasteiger charge is 1.94. The van der Waals surface area contributed by atoms with Gasteiger partial charge in [-0.3, -0.25) is 0 Å². The lowest BCUT2D eigenvalue weighted by molar-refractivity contribution is 0.302. The SMILES string of the molecule is C=C(F)/C=C(/C)C(=C)OC.CC. The Balaban J connectivity index is 0. The molecule has 0 bridgehead atoms. The van der Waals surface area contributed by atoms with Gasteiger partial charge in [0.25, 0.3) is 0 Å². The molecule has 0 rings (SSSR count). The molecule has 1 nitrogen and oxygen atoms in total. The van der Waals surface area contributed by atoms with Gasteiger partial charge in [-0.05, 0) is 18.6 Å². The quantitative estimate of drug-likeness (QED) is 0.467. The van der Waals surface area contributed by atoms with E-state index in [0.717, 1.165) is 0 Å². The normalized spacial score (nSPS) is 9.58. The summed E-state index contributed by atoms with van der Waals surface area (Å²) in [4.78, 5) is 0. The molecule has 0 heterocycles. The van der Waals surface area contributed by atoms with Crippen molar-refractivity contribution in [1.29, 1.82) is 0 Å². The summed E-state index contributed by atoms with van der Waals surface area (Å²) in [5, 5.41) is 0. The van der Waals surface area contributed by atoms with Crippen molar-refractivity contribution in [1.82, 2.24) is 0 Å². The minimum Gasteiger partial charge on any atom is -0.497 e. The molecule has 0 radical (unpaired) electrons. The first-order chi connectivity index (χ1) is 5.57. The minimum atomic E-state index is -0.490. The van der Waals surface area contributed by atoms with Gasteiger partial charge in [0.15, 0.2) is 0 Å². The van der Waals surface area contributed by atoms with E-state index in [0.29, 0.717) is 11.3 Å². The van der Waals surface area contributed by atoms with Crippen LogP contribution in [0.3, 0.4) is 0 Å². The van der Waals surface area contributed by atoms with Gasteiger partial charge in [0.1, 0.15) is 11.6 Å². The van der Waals surface area contributed by atoms with Crippen LogP contribution >= 0.6 is 0 Å². The second-order valence-electron chi connectivity index (χ2n) is 1.90. The Morgan fingerprint density at radius 3 is 2.00 bits per heavy atom. The van der Waals surface area contributed by atoms with Crippen LogP contribution in [0.5, 0.6) is 0 Å². The molecule has 0 saturated heterocycles. The fourth-order valence-electron chi connectivity index (χ4n) is 0.476. The predicted molar refractivity (Wildman–Crippen MR) is 51.5 cm³/mol. The molecule has 0 unspecified atom stereocenters. The summed E-state index contributed by atoms with van der Waals surface area (Å²) in [5.74, 6) is -0.0329. The summed E-state index contributed by atoms with van der Waals surface area (Å²) in [6, 6.07) is 0. The van der Waals surface area contributed by atoms with E-state index in [2.05, 4.69) is 13.2 Å². The Hall–Kier alpha value is -1.05. The topological polar surface area (TPSA) is 9.23 Å². The first-order valence-corrected chi connectivity index (χ1v) is 3.84. The summed E-state index contributed by atoms with van der Waals surface area (Å²) in [5.41, 5.74) is 0.648. The van der Waals surface area contributed by atoms with E-state index in [1.54, 1.807) is 6.92 Å². The van der Waals surface area contributed by atoms with Crippen molar-refractivity contribution >= 4 is 0 Å². The molecule has 0 aromatic rings. The summed E-state index contributed by atoms with van der Waals surface area (Å²) in [6.45, 7) is 12.3. The van der Waals surface area contributed by atoms with Gasteiger partial charge < -0.3 is 4.74 Å². The minimum absolute atomic E-state index is 0.457. The molecule has 0 amide bonds. The zero-order valence-electron chi connectivity index (χ0n) is 8.28. The first kappa shape index (κ1) is 13.5. The zero-order valence-corrected chi connectivity index (χ0v) is 8.28. The second-order valence-corrected chi connectivity index (χ2v) is 1.90. The third kappa shape index (κ3) is 7.06. The van der Waals surface area contributed by atoms with E-state index >= 15 is 0 Å². The third-order valence-electron chi connectivity index (χ3n) is 1.06. The van der Waals surface area contributed by atoms with Gasteiger partial charge in [0.05, 0.1) is 7.11 Å². The maximum absolute atomic E-state index is 12.1. The molecule has 0 atom stereocenters. The van der Waals surface area contributed by atoms with Gasteiger partial charge in [-0.2, -0.15) is 0 Å². The van der Waals surface area contributed by atoms with Crippen LogP contribution < -0.4 is 0 Å². The lowest BCUT2D eigenvalue weighted by Crippen LogP contribution is -1.85. The van der Waals surface area contributed by atoms with Gasteiger partial charge in [-0.25, -0.2) is 4.39 Å². The molecule has 0 aromatic heterocycles. The number of rotatable bonds is 3. The van der Waals surface area contributed by atoms with Crippen molar-refractivity contribution in [3.8, 4) is 0 Å². The van der Waals surface area contributed by atoms with Crippen LogP contribution in [0.25, 0.3) is 0 Å². The summed E-state index contributed by atoms with van der Waals surface area (Å²) in [6.07, 6.45) is 1.27. The highest BCUT2D eigenvalue weighted by Crippen LogP contribution is 2.09. The smallest absolute Gasteiger partial charge is 0.116 e. The van der Waals surface area contributed by atoms with Crippen molar-refractivity contribution in [3.05, 3.63) is 36.4 Å². The number of hydrogen-bond donors (Lipinski definition) is 0. The molecule has 0 aliphatic rings. The van der Waals surface area contributed by atoms with Gasteiger partial charge in [-0.1, -0.05) is 27.0 Å². The summed E-state index contributed by atoms with van der Waals surface area (Å²) < 4.78 is 16.8.